The van der Waals surface area contributed by atoms with E-state index in [9.17, 15) is 14.4 Å². The van der Waals surface area contributed by atoms with Gasteiger partial charge in [-0.2, -0.15) is 0 Å². The number of anilines is 1. The van der Waals surface area contributed by atoms with Crippen LogP contribution in [-0.4, -0.2) is 35.3 Å². The van der Waals surface area contributed by atoms with E-state index in [2.05, 4.69) is 26.2 Å². The predicted octanol–water partition coefficient (Wildman–Crippen LogP) is 4.11. The number of para-hydroxylation sites is 1. The zero-order valence-electron chi connectivity index (χ0n) is 22.0. The number of rotatable bonds is 8. The topological polar surface area (TPSA) is 119 Å². The van der Waals surface area contributed by atoms with Gasteiger partial charge in [0.1, 0.15) is 11.5 Å². The van der Waals surface area contributed by atoms with Crippen LogP contribution in [0, 0.1) is 0 Å². The zero-order chi connectivity index (χ0) is 29.1. The van der Waals surface area contributed by atoms with E-state index in [4.69, 9.17) is 14.6 Å². The van der Waals surface area contributed by atoms with Crippen LogP contribution in [0.1, 0.15) is 24.1 Å². The summed E-state index contributed by atoms with van der Waals surface area (Å²) in [5.74, 6) is -0.480. The minimum absolute atomic E-state index is 0.304. The van der Waals surface area contributed by atoms with Gasteiger partial charge in [-0.15, -0.1) is 0 Å². The summed E-state index contributed by atoms with van der Waals surface area (Å²) in [7, 11) is 1.56. The molecule has 1 aliphatic rings. The summed E-state index contributed by atoms with van der Waals surface area (Å²) in [6.45, 7) is 1.29. The molecule has 1 aliphatic heterocycles. The first-order chi connectivity index (χ1) is 19.7. The van der Waals surface area contributed by atoms with E-state index in [0.717, 1.165) is 0 Å². The number of methoxy groups -OCH3 is 1. The molecule has 0 spiro atoms. The van der Waals surface area contributed by atoms with Crippen LogP contribution in [0.5, 0.6) is 11.5 Å². The van der Waals surface area contributed by atoms with Gasteiger partial charge in [0.15, 0.2) is 11.4 Å². The van der Waals surface area contributed by atoms with Gasteiger partial charge in [-0.05, 0) is 76.5 Å². The van der Waals surface area contributed by atoms with Crippen molar-refractivity contribution in [3.63, 3.8) is 0 Å². The molecule has 0 fully saturated rings. The molecule has 5 rings (SSSR count). The van der Waals surface area contributed by atoms with Gasteiger partial charge in [0.2, 0.25) is 0 Å². The van der Waals surface area contributed by atoms with Crippen LogP contribution in [0.3, 0.4) is 0 Å². The number of carbonyl (C=O) groups excluding carboxylic acids is 1. The van der Waals surface area contributed by atoms with Gasteiger partial charge in [0, 0.05) is 5.69 Å². The van der Waals surface area contributed by atoms with Crippen molar-refractivity contribution >= 4 is 50.9 Å². The summed E-state index contributed by atoms with van der Waals surface area (Å²) in [5.41, 5.74) is 2.57. The highest BCUT2D eigenvalue weighted by molar-refractivity contribution is 9.10. The molecule has 11 heteroatoms. The minimum Gasteiger partial charge on any atom is -0.497 e. The molecule has 0 radical (unpaired) electrons. The van der Waals surface area contributed by atoms with Gasteiger partial charge in [0.25, 0.3) is 11.5 Å². The van der Waals surface area contributed by atoms with Crippen molar-refractivity contribution in [1.29, 1.82) is 0 Å². The molecule has 0 unspecified atom stereocenters. The second kappa shape index (κ2) is 11.9. The van der Waals surface area contributed by atoms with E-state index in [-0.39, 0.29) is 11.5 Å². The molecule has 1 aromatic heterocycles. The van der Waals surface area contributed by atoms with Crippen molar-refractivity contribution in [1.82, 2.24) is 4.57 Å². The quantitative estimate of drug-likeness (QED) is 0.301. The molecule has 1 atom stereocenters. The maximum atomic E-state index is 13.9. The van der Waals surface area contributed by atoms with E-state index < -0.39 is 18.6 Å². The average molecular weight is 635 g/mol. The van der Waals surface area contributed by atoms with Crippen LogP contribution in [-0.2, 0) is 9.59 Å². The first kappa shape index (κ1) is 28.1. The molecule has 4 aromatic rings. The molecule has 0 saturated carbocycles. The van der Waals surface area contributed by atoms with E-state index in [1.807, 2.05) is 36.4 Å². The SMILES string of the molecule is COc1cccc([C@@H]2C(C(=O)Nc3ccccc3)=C(C)N=c3s/c(=C/c4ccc(OCC(=O)O)c(Br)c4)c(=O)n32)c1. The molecule has 0 aliphatic carbocycles. The Bertz CT molecular complexity index is 1860. The standard InChI is InChI=1S/C30H24BrN3O6S/c1-17-26(28(37)33-20-8-4-3-5-9-20)27(19-7-6-10-21(15-19)39-2)34-29(38)24(41-30(34)32-17)14-18-11-12-23(22(31)13-18)40-16-25(35)36/h3-15,27H,16H2,1-2H3,(H,33,37)(H,35,36)/b24-14+/t27-/m1/s1. The smallest absolute Gasteiger partial charge is 0.341 e. The summed E-state index contributed by atoms with van der Waals surface area (Å²) in [6.07, 6.45) is 1.72. The fraction of sp³-hybridized carbons (Fsp3) is 0.133. The molecular weight excluding hydrogens is 610 g/mol. The number of nitrogens with one attached hydrogen (secondary N) is 1. The Labute approximate surface area is 246 Å². The van der Waals surface area contributed by atoms with Crippen molar-refractivity contribution in [2.75, 3.05) is 19.0 Å². The van der Waals surface area contributed by atoms with Crippen LogP contribution < -0.4 is 29.7 Å². The molecule has 9 nitrogen and oxygen atoms in total. The summed E-state index contributed by atoms with van der Waals surface area (Å²) >= 11 is 4.62. The number of fused-ring (bicyclic) bond motifs is 1. The monoisotopic (exact) mass is 633 g/mol. The predicted molar refractivity (Wildman–Crippen MR) is 159 cm³/mol. The Morgan fingerprint density at radius 1 is 1.12 bits per heavy atom. The van der Waals surface area contributed by atoms with E-state index in [1.54, 1.807) is 56.5 Å². The lowest BCUT2D eigenvalue weighted by atomic mass is 9.95. The molecule has 3 aromatic carbocycles. The van der Waals surface area contributed by atoms with Gasteiger partial charge in [-0.1, -0.05) is 47.7 Å². The summed E-state index contributed by atoms with van der Waals surface area (Å²) in [6, 6.07) is 20.7. The van der Waals surface area contributed by atoms with Crippen molar-refractivity contribution in [2.45, 2.75) is 13.0 Å². The van der Waals surface area contributed by atoms with Crippen LogP contribution in [0.25, 0.3) is 6.08 Å². The van der Waals surface area contributed by atoms with Gasteiger partial charge >= 0.3 is 5.97 Å². The summed E-state index contributed by atoms with van der Waals surface area (Å²) in [4.78, 5) is 43.6. The Kier molecular flexibility index (Phi) is 8.18. The van der Waals surface area contributed by atoms with Gasteiger partial charge in [-0.3, -0.25) is 14.2 Å². The number of ether oxygens (including phenoxy) is 2. The van der Waals surface area contributed by atoms with E-state index in [0.29, 0.717) is 53.4 Å². The number of hydrogen-bond donors (Lipinski definition) is 2. The largest absolute Gasteiger partial charge is 0.497 e. The Morgan fingerprint density at radius 2 is 1.90 bits per heavy atom. The molecule has 0 bridgehead atoms. The first-order valence-corrected chi connectivity index (χ1v) is 14.0. The third-order valence-electron chi connectivity index (χ3n) is 6.31. The first-order valence-electron chi connectivity index (χ1n) is 12.4. The van der Waals surface area contributed by atoms with Gasteiger partial charge in [0.05, 0.1) is 33.4 Å². The van der Waals surface area contributed by atoms with Crippen molar-refractivity contribution in [2.24, 2.45) is 4.99 Å². The van der Waals surface area contributed by atoms with Crippen LogP contribution in [0.4, 0.5) is 5.69 Å². The third kappa shape index (κ3) is 6.01. The number of carbonyl (C=O) groups is 2. The average Bonchev–Trinajstić information content (AvgIpc) is 3.26. The maximum absolute atomic E-state index is 13.9. The molecule has 208 valence electrons. The van der Waals surface area contributed by atoms with Crippen molar-refractivity contribution < 1.29 is 24.2 Å². The van der Waals surface area contributed by atoms with Crippen molar-refractivity contribution in [3.05, 3.63) is 119 Å². The number of aliphatic carboxylic acids is 1. The zero-order valence-corrected chi connectivity index (χ0v) is 24.4. The Hall–Kier alpha value is -4.48. The molecule has 41 heavy (non-hydrogen) atoms. The van der Waals surface area contributed by atoms with Gasteiger partial charge < -0.3 is 19.9 Å². The normalized spacial score (nSPS) is 14.7. The number of amides is 1. The lowest BCUT2D eigenvalue weighted by Gasteiger charge is -2.25. The fourth-order valence-electron chi connectivity index (χ4n) is 4.47. The minimum atomic E-state index is -1.08. The number of thiazole rings is 1. The number of benzene rings is 3. The maximum Gasteiger partial charge on any atom is 0.341 e. The molecule has 0 saturated heterocycles. The molecule has 2 N–H and O–H groups in total. The second-order valence-electron chi connectivity index (χ2n) is 9.05. The highest BCUT2D eigenvalue weighted by Gasteiger charge is 2.32. The van der Waals surface area contributed by atoms with Crippen LogP contribution in [0.2, 0.25) is 0 Å². The number of hydrogen-bond acceptors (Lipinski definition) is 7. The number of carboxylic acids is 1. The van der Waals surface area contributed by atoms with Crippen molar-refractivity contribution in [3.8, 4) is 11.5 Å². The molecular formula is C30H24BrN3O6S. The fourth-order valence-corrected chi connectivity index (χ4v) is 6.03. The lowest BCUT2D eigenvalue weighted by molar-refractivity contribution is -0.139. The summed E-state index contributed by atoms with van der Waals surface area (Å²) in [5, 5.41) is 11.8. The van der Waals surface area contributed by atoms with E-state index >= 15 is 0 Å². The number of carboxylic acid groups (broad SMARTS) is 1. The lowest BCUT2D eigenvalue weighted by Crippen LogP contribution is -2.40. The highest BCUT2D eigenvalue weighted by Crippen LogP contribution is 2.32. The van der Waals surface area contributed by atoms with E-state index in [1.165, 1.54) is 15.9 Å². The highest BCUT2D eigenvalue weighted by atomic mass is 79.9. The Morgan fingerprint density at radius 3 is 2.61 bits per heavy atom. The summed E-state index contributed by atoms with van der Waals surface area (Å²) < 4.78 is 13.2. The number of halogens is 1. The van der Waals surface area contributed by atoms with Gasteiger partial charge in [-0.25, -0.2) is 9.79 Å². The Balaban J connectivity index is 1.61. The van der Waals surface area contributed by atoms with Crippen LogP contribution >= 0.6 is 27.3 Å². The third-order valence-corrected chi connectivity index (χ3v) is 7.91. The second-order valence-corrected chi connectivity index (χ2v) is 10.9. The molecule has 2 heterocycles. The number of aromatic nitrogens is 1. The number of nitrogens with zero attached hydrogens (tertiary/aromatic N) is 2. The van der Waals surface area contributed by atoms with Crippen LogP contribution in [0.15, 0.2) is 98.3 Å². The number of allylic oxidation sites excluding steroid dienone is 1. The molecule has 1 amide bonds.